The maximum absolute atomic E-state index is 8.55. The van der Waals surface area contributed by atoms with Crippen LogP contribution in [0.5, 0.6) is 0 Å². The molecule has 13 heteroatoms. The van der Waals surface area contributed by atoms with Crippen LogP contribution in [0.2, 0.25) is 0 Å². The molecule has 0 unspecified atom stereocenters. The molecular weight excluding hydrogens is 384 g/mol. The predicted octanol–water partition coefficient (Wildman–Crippen LogP) is -6.35. The van der Waals surface area contributed by atoms with Crippen LogP contribution in [0, 0.1) is 0 Å². The molecule has 0 aromatic rings. The van der Waals surface area contributed by atoms with E-state index in [0.29, 0.717) is 0 Å². The quantitative estimate of drug-likeness (QED) is 0.120. The molecule has 0 spiro atoms. The molecule has 0 amide bonds. The third kappa shape index (κ3) is 31.9. The van der Waals surface area contributed by atoms with Gasteiger partial charge in [-0.15, -0.1) is 0 Å². The molecule has 9 nitrogen and oxygen atoms in total. The topological polar surface area (TPSA) is 193 Å². The van der Waals surface area contributed by atoms with Crippen LogP contribution >= 0.6 is 15.2 Å². The van der Waals surface area contributed by atoms with Gasteiger partial charge >= 0.3 is 59.1 Å². The van der Waals surface area contributed by atoms with Crippen LogP contribution in [0.4, 0.5) is 0 Å². The molecule has 0 atom stereocenters. The molecule has 0 saturated carbocycles. The van der Waals surface area contributed by atoms with Crippen molar-refractivity contribution in [3.8, 4) is 0 Å². The Morgan fingerprint density at radius 3 is 0.792 bits per heavy atom. The van der Waals surface area contributed by atoms with Gasteiger partial charge in [0.25, 0.3) is 6.79 Å². The summed E-state index contributed by atoms with van der Waals surface area (Å²) < 4.78 is 0. The molecule has 0 aliphatic carbocycles. The van der Waals surface area contributed by atoms with E-state index in [4.69, 9.17) is 40.5 Å². The Hall–Kier alpha value is 2.21. The molecule has 0 radical (unpaired) electrons. The first-order chi connectivity index (χ1) is 8.59. The average Bonchev–Trinajstić information content (AvgIpc) is 2.47. The normalized spacial score (nSPS) is 7.67. The molecule has 9 N–H and O–H groups in total. The number of carbonyl (C=O) groups excluding carboxylic acids is 1. The summed E-state index contributed by atoms with van der Waals surface area (Å²) in [6.07, 6.45) is -1.42. The summed E-state index contributed by atoms with van der Waals surface area (Å²) in [5, 5.41) is 58.9. The van der Waals surface area contributed by atoms with Crippen molar-refractivity contribution in [2.45, 2.75) is 22.3 Å². The summed E-state index contributed by atoms with van der Waals surface area (Å²) in [5.74, 6) is 0. The van der Waals surface area contributed by atoms with Crippen LogP contribution in [-0.4, -0.2) is 97.2 Å². The second-order valence-electron chi connectivity index (χ2n) is 3.00. The van der Waals surface area contributed by atoms with E-state index in [1.165, 1.54) is 0 Å². The van der Waals surface area contributed by atoms with Crippen molar-refractivity contribution < 1.29 is 105 Å². The summed E-state index contributed by atoms with van der Waals surface area (Å²) in [6, 6.07) is 0. The zero-order chi connectivity index (χ0) is 15.0. The van der Waals surface area contributed by atoms with Crippen LogP contribution in [0.1, 0.15) is 22.3 Å². The molecule has 0 bridgehead atoms. The molecule has 0 rings (SSSR count). The van der Waals surface area contributed by atoms with Gasteiger partial charge < -0.3 is 41.2 Å². The Morgan fingerprint density at radius 2 is 0.792 bits per heavy atom. The fraction of sp³-hybridized carbons (Fsp3) is 0.909. The standard InChI is InChI=1S/C4H12O4P.C3H9O3P.CH2O.3CH4.2Na.H2O/c5-1-9(2-6,3-7)4-8;4-1-7(2-5)3-6;1-2;;;;;;/h5-8H,1-4H2;4-6H,1-3H2;1H2;3*1H4;;;1H2/q+1;;;;;;2*+1;. The third-order valence-electron chi connectivity index (χ3n) is 1.80. The number of rotatable bonds is 7. The minimum atomic E-state index is -2.20. The smallest absolute Gasteiger partial charge is 0.870 e. The van der Waals surface area contributed by atoms with Crippen molar-refractivity contribution in [3.05, 3.63) is 0 Å². The van der Waals surface area contributed by atoms with Gasteiger partial charge in [-0.2, -0.15) is 0 Å². The van der Waals surface area contributed by atoms with Gasteiger partial charge in [0, 0.05) is 0 Å². The first-order valence-corrected chi connectivity index (χ1v) is 9.17. The van der Waals surface area contributed by atoms with Gasteiger partial charge in [0.1, 0.15) is 7.26 Å². The Kier molecular flexibility index (Phi) is 104. The molecule has 144 valence electrons. The summed E-state index contributed by atoms with van der Waals surface area (Å²) in [7, 11) is -3.08. The van der Waals surface area contributed by atoms with Gasteiger partial charge in [-0.05, 0) is 7.92 Å². The molecule has 0 saturated heterocycles. The van der Waals surface area contributed by atoms with Gasteiger partial charge in [-0.3, -0.25) is 4.79 Å². The van der Waals surface area contributed by atoms with E-state index >= 15 is 0 Å². The van der Waals surface area contributed by atoms with Gasteiger partial charge in [-0.25, -0.2) is 0 Å². The van der Waals surface area contributed by atoms with E-state index in [0.717, 1.165) is 0 Å². The van der Waals surface area contributed by atoms with E-state index < -0.39 is 15.2 Å². The van der Waals surface area contributed by atoms with E-state index in [1.807, 2.05) is 0 Å². The van der Waals surface area contributed by atoms with E-state index in [2.05, 4.69) is 6.79 Å². The molecule has 0 fully saturated rings. The summed E-state index contributed by atoms with van der Waals surface area (Å²) in [6.45, 7) is 2.25. The van der Waals surface area contributed by atoms with Crippen molar-refractivity contribution in [1.29, 1.82) is 0 Å². The largest absolute Gasteiger partial charge is 1.00 e. The molecule has 0 aliphatic rings. The fourth-order valence-corrected chi connectivity index (χ4v) is 1.21. The Balaban J connectivity index is -0.0000000200. The number of aliphatic hydroxyl groups excluding tert-OH is 7. The zero-order valence-electron chi connectivity index (χ0n) is 12.6. The minimum absolute atomic E-state index is 0. The second-order valence-corrected chi connectivity index (χ2v) is 9.01. The van der Waals surface area contributed by atoms with Crippen molar-refractivity contribution in [1.82, 2.24) is 0 Å². The molecule has 24 heavy (non-hydrogen) atoms. The summed E-state index contributed by atoms with van der Waals surface area (Å²) in [4.78, 5) is 6.75. The predicted molar refractivity (Wildman–Crippen MR) is 94.6 cm³/mol. The zero-order valence-corrected chi connectivity index (χ0v) is 18.4. The number of hydrogen-bond acceptors (Lipinski definition) is 8. The summed E-state index contributed by atoms with van der Waals surface area (Å²) in [5.41, 5.74) is 0. The Bertz CT molecular complexity index is 145. The third-order valence-corrected chi connectivity index (χ3v) is 5.40. The second kappa shape index (κ2) is 44.6. The molecule has 0 heterocycles. The van der Waals surface area contributed by atoms with E-state index in [9.17, 15) is 0 Å². The summed E-state index contributed by atoms with van der Waals surface area (Å²) >= 11 is 0. The van der Waals surface area contributed by atoms with Crippen molar-refractivity contribution in [2.24, 2.45) is 0 Å². The van der Waals surface area contributed by atoms with Gasteiger partial charge in [0.2, 0.25) is 0 Å². The molecule has 0 aliphatic heterocycles. The van der Waals surface area contributed by atoms with Crippen LogP contribution in [0.3, 0.4) is 0 Å². The monoisotopic (exact) mass is 421 g/mol. The Morgan fingerprint density at radius 1 is 0.625 bits per heavy atom. The Labute approximate surface area is 192 Å². The van der Waals surface area contributed by atoms with Gasteiger partial charge in [0.15, 0.2) is 25.4 Å². The van der Waals surface area contributed by atoms with E-state index in [1.54, 1.807) is 0 Å². The molecule has 0 aromatic carbocycles. The van der Waals surface area contributed by atoms with Crippen molar-refractivity contribution in [3.63, 3.8) is 0 Å². The van der Waals surface area contributed by atoms with Crippen LogP contribution in [0.25, 0.3) is 0 Å². The number of hydrogen-bond donors (Lipinski definition) is 7. The maximum atomic E-state index is 8.55. The first kappa shape index (κ1) is 56.2. The van der Waals surface area contributed by atoms with E-state index in [-0.39, 0.29) is 131 Å². The molecular formula is C11H37Na2O9P2+3. The van der Waals surface area contributed by atoms with Crippen LogP contribution in [-0.2, 0) is 0 Å². The van der Waals surface area contributed by atoms with Crippen molar-refractivity contribution >= 4 is 22.0 Å². The van der Waals surface area contributed by atoms with Crippen LogP contribution in [0.15, 0.2) is 0 Å². The minimum Gasteiger partial charge on any atom is -0.870 e. The SMILES string of the molecule is C.C.C.C=[OH+].OCP(CO)CO.OC[P+](CO)(CO)CO.[Na+].[Na+].[OH-]. The maximum Gasteiger partial charge on any atom is 1.00 e. The fourth-order valence-electron chi connectivity index (χ4n) is 0.402. The average molecular weight is 421 g/mol. The van der Waals surface area contributed by atoms with Gasteiger partial charge in [-0.1, -0.05) is 22.3 Å². The van der Waals surface area contributed by atoms with Crippen molar-refractivity contribution in [2.75, 3.05) is 44.4 Å². The number of aliphatic hydroxyl groups is 7. The molecule has 0 aromatic heterocycles. The first-order valence-electron chi connectivity index (χ1n) is 4.74. The van der Waals surface area contributed by atoms with Crippen LogP contribution < -0.4 is 59.1 Å². The van der Waals surface area contributed by atoms with Gasteiger partial charge in [0.05, 0.1) is 19.0 Å².